The number of fused-ring (bicyclic) bond motifs is 1. The first-order valence-electron chi connectivity index (χ1n) is 10.2. The van der Waals surface area contributed by atoms with Crippen LogP contribution in [0.1, 0.15) is 32.6 Å². The van der Waals surface area contributed by atoms with Crippen molar-refractivity contribution in [1.29, 1.82) is 0 Å². The number of ether oxygens (including phenoxy) is 1. The van der Waals surface area contributed by atoms with Crippen LogP contribution in [-0.2, 0) is 4.79 Å². The predicted octanol–water partition coefficient (Wildman–Crippen LogP) is 6.45. The third kappa shape index (κ3) is 5.85. The van der Waals surface area contributed by atoms with Crippen LogP contribution in [0.2, 0.25) is 0 Å². The number of carboxylic acid groups (broad SMARTS) is 1. The van der Waals surface area contributed by atoms with Gasteiger partial charge in [-0.3, -0.25) is 4.79 Å². The predicted molar refractivity (Wildman–Crippen MR) is 123 cm³/mol. The fourth-order valence-corrected chi connectivity index (χ4v) is 5.27. The van der Waals surface area contributed by atoms with Crippen molar-refractivity contribution in [3.8, 4) is 5.75 Å². The van der Waals surface area contributed by atoms with E-state index in [1.807, 2.05) is 36.2 Å². The molecule has 30 heavy (non-hydrogen) atoms. The summed E-state index contributed by atoms with van der Waals surface area (Å²) in [6, 6.07) is 10.8. The summed E-state index contributed by atoms with van der Waals surface area (Å²) in [5.74, 6) is 1.16. The molecule has 1 N–H and O–H groups in total. The first-order valence-corrected chi connectivity index (χ1v) is 12.4. The first-order chi connectivity index (χ1) is 14.5. The number of rotatable bonds is 9. The second-order valence-electron chi connectivity index (χ2n) is 7.37. The Morgan fingerprint density at radius 2 is 2.10 bits per heavy atom. The topological polar surface area (TPSA) is 49.8 Å². The summed E-state index contributed by atoms with van der Waals surface area (Å²) in [4.78, 5) is 15.2. The van der Waals surface area contributed by atoms with Crippen LogP contribution >= 0.6 is 23.5 Å². The van der Waals surface area contributed by atoms with Gasteiger partial charge in [0.15, 0.2) is 0 Å². The van der Waals surface area contributed by atoms with Gasteiger partial charge in [-0.15, -0.1) is 23.5 Å². The average Bonchev–Trinajstić information content (AvgIpc) is 2.91. The molecule has 2 aromatic rings. The summed E-state index contributed by atoms with van der Waals surface area (Å²) < 4.78 is 19.3. The molecule has 2 aromatic carbocycles. The molecule has 0 aromatic heterocycles. The maximum Gasteiger partial charge on any atom is 0.306 e. The molecule has 7 heteroatoms. The van der Waals surface area contributed by atoms with Gasteiger partial charge in [0.1, 0.15) is 11.6 Å². The van der Waals surface area contributed by atoms with Crippen LogP contribution in [-0.4, -0.2) is 36.2 Å². The molecule has 4 nitrogen and oxygen atoms in total. The zero-order valence-electron chi connectivity index (χ0n) is 17.4. The highest BCUT2D eigenvalue weighted by Crippen LogP contribution is 2.45. The van der Waals surface area contributed by atoms with E-state index in [4.69, 9.17) is 9.84 Å². The van der Waals surface area contributed by atoms with Crippen molar-refractivity contribution in [2.45, 2.75) is 42.4 Å². The molecule has 3 rings (SSSR count). The number of benzene rings is 2. The Morgan fingerprint density at radius 3 is 2.77 bits per heavy atom. The van der Waals surface area contributed by atoms with Gasteiger partial charge in [-0.25, -0.2) is 4.39 Å². The highest BCUT2D eigenvalue weighted by atomic mass is 32.2. The molecule has 1 heterocycles. The molecule has 1 atom stereocenters. The van der Waals surface area contributed by atoms with E-state index in [0.717, 1.165) is 45.6 Å². The Balaban J connectivity index is 1.96. The van der Waals surface area contributed by atoms with Gasteiger partial charge in [-0.05, 0) is 55.0 Å². The van der Waals surface area contributed by atoms with Crippen LogP contribution < -0.4 is 9.64 Å². The molecule has 0 fully saturated rings. The van der Waals surface area contributed by atoms with Gasteiger partial charge in [0.25, 0.3) is 0 Å². The second-order valence-corrected chi connectivity index (χ2v) is 9.28. The van der Waals surface area contributed by atoms with E-state index >= 15 is 0 Å². The molecule has 0 bridgehead atoms. The SMILES string of the molecule is CCCC[C@@H]1CSc2cc(OCCC(=O)O)c(SC)cc2N(c2ccc(F)cc2)C1. The Hall–Kier alpha value is -1.86. The van der Waals surface area contributed by atoms with Gasteiger partial charge in [0.2, 0.25) is 0 Å². The molecule has 0 saturated carbocycles. The van der Waals surface area contributed by atoms with E-state index in [1.165, 1.54) is 25.0 Å². The van der Waals surface area contributed by atoms with E-state index < -0.39 is 5.97 Å². The minimum absolute atomic E-state index is 0.0289. The number of hydrogen-bond donors (Lipinski definition) is 1. The molecule has 0 unspecified atom stereocenters. The van der Waals surface area contributed by atoms with Crippen LogP contribution in [0.3, 0.4) is 0 Å². The van der Waals surface area contributed by atoms with E-state index in [1.54, 1.807) is 11.8 Å². The van der Waals surface area contributed by atoms with Gasteiger partial charge in [0.05, 0.1) is 23.6 Å². The number of unbranched alkanes of at least 4 members (excludes halogenated alkanes) is 1. The van der Waals surface area contributed by atoms with Crippen LogP contribution in [0.5, 0.6) is 5.75 Å². The fourth-order valence-electron chi connectivity index (χ4n) is 3.53. The van der Waals surface area contributed by atoms with E-state index in [-0.39, 0.29) is 18.8 Å². The largest absolute Gasteiger partial charge is 0.492 e. The lowest BCUT2D eigenvalue weighted by Gasteiger charge is -2.28. The van der Waals surface area contributed by atoms with E-state index in [2.05, 4.69) is 17.9 Å². The highest BCUT2D eigenvalue weighted by molar-refractivity contribution is 7.99. The molecule has 0 amide bonds. The van der Waals surface area contributed by atoms with Crippen LogP contribution in [0.4, 0.5) is 15.8 Å². The minimum atomic E-state index is -0.869. The van der Waals surface area contributed by atoms with Gasteiger partial charge in [-0.2, -0.15) is 0 Å². The number of aliphatic carboxylic acids is 1. The lowest BCUT2D eigenvalue weighted by Crippen LogP contribution is -2.25. The third-order valence-corrected chi connectivity index (χ3v) is 7.16. The Kier molecular flexibility index (Phi) is 8.33. The van der Waals surface area contributed by atoms with Gasteiger partial charge in [0, 0.05) is 22.9 Å². The van der Waals surface area contributed by atoms with Gasteiger partial charge >= 0.3 is 5.97 Å². The quantitative estimate of drug-likeness (QED) is 0.444. The summed E-state index contributed by atoms with van der Waals surface area (Å²) in [7, 11) is 0. The molecular formula is C23H28FNO3S2. The molecule has 0 spiro atoms. The van der Waals surface area contributed by atoms with Gasteiger partial charge < -0.3 is 14.7 Å². The molecular weight excluding hydrogens is 421 g/mol. The van der Waals surface area contributed by atoms with Crippen LogP contribution in [0, 0.1) is 11.7 Å². The summed E-state index contributed by atoms with van der Waals surface area (Å²) in [5, 5.41) is 8.90. The first kappa shape index (κ1) is 22.8. The molecule has 1 aliphatic rings. The van der Waals surface area contributed by atoms with Crippen molar-refractivity contribution in [3.05, 3.63) is 42.2 Å². The number of hydrogen-bond acceptors (Lipinski definition) is 5. The Labute approximate surface area is 186 Å². The van der Waals surface area contributed by atoms with Crippen LogP contribution in [0.15, 0.2) is 46.2 Å². The van der Waals surface area contributed by atoms with Crippen LogP contribution in [0.25, 0.3) is 0 Å². The van der Waals surface area contributed by atoms with Crippen molar-refractivity contribution in [2.24, 2.45) is 5.92 Å². The highest BCUT2D eigenvalue weighted by Gasteiger charge is 2.25. The lowest BCUT2D eigenvalue weighted by molar-refractivity contribution is -0.137. The standard InChI is InChI=1S/C23H28FNO3S2/c1-3-4-5-16-14-25(18-8-6-17(24)7-9-18)19-12-22(29-2)20(13-21(19)30-15-16)28-11-10-23(26)27/h6-9,12-13,16H,3-5,10-11,14-15H2,1-2H3,(H,26,27)/t16-/m0/s1. The molecule has 1 aliphatic heterocycles. The summed E-state index contributed by atoms with van der Waals surface area (Å²) in [6.07, 6.45) is 5.48. The molecule has 162 valence electrons. The molecule has 0 saturated heterocycles. The van der Waals surface area contributed by atoms with E-state index in [0.29, 0.717) is 5.92 Å². The fraction of sp³-hybridized carbons (Fsp3) is 0.435. The molecule has 0 aliphatic carbocycles. The minimum Gasteiger partial charge on any atom is -0.492 e. The number of anilines is 2. The maximum atomic E-state index is 13.5. The lowest BCUT2D eigenvalue weighted by atomic mass is 10.0. The second kappa shape index (κ2) is 11.0. The van der Waals surface area contributed by atoms with Crippen molar-refractivity contribution in [1.82, 2.24) is 0 Å². The zero-order chi connectivity index (χ0) is 21.5. The average molecular weight is 450 g/mol. The number of carboxylic acids is 1. The van der Waals surface area contributed by atoms with Crippen molar-refractivity contribution >= 4 is 40.9 Å². The number of thioether (sulfide) groups is 2. The smallest absolute Gasteiger partial charge is 0.306 e. The Morgan fingerprint density at radius 1 is 1.33 bits per heavy atom. The summed E-state index contributed by atoms with van der Waals surface area (Å²) in [6.45, 7) is 3.24. The number of halogens is 1. The van der Waals surface area contributed by atoms with Gasteiger partial charge in [-0.1, -0.05) is 19.8 Å². The third-order valence-electron chi connectivity index (χ3n) is 5.13. The number of carbonyl (C=O) groups is 1. The van der Waals surface area contributed by atoms with Crippen molar-refractivity contribution < 1.29 is 19.0 Å². The Bertz CT molecular complexity index is 860. The number of nitrogens with zero attached hydrogens (tertiary/aromatic N) is 1. The molecule has 0 radical (unpaired) electrons. The maximum absolute atomic E-state index is 13.5. The van der Waals surface area contributed by atoms with E-state index in [9.17, 15) is 9.18 Å². The summed E-state index contributed by atoms with van der Waals surface area (Å²) >= 11 is 3.40. The van der Waals surface area contributed by atoms with Crippen molar-refractivity contribution in [3.63, 3.8) is 0 Å². The monoisotopic (exact) mass is 449 g/mol. The zero-order valence-corrected chi connectivity index (χ0v) is 19.0. The normalized spacial score (nSPS) is 16.1. The summed E-state index contributed by atoms with van der Waals surface area (Å²) in [5.41, 5.74) is 2.08. The van der Waals surface area contributed by atoms with Crippen molar-refractivity contribution in [2.75, 3.05) is 30.1 Å².